The van der Waals surface area contributed by atoms with Gasteiger partial charge in [0.15, 0.2) is 0 Å². The van der Waals surface area contributed by atoms with Gasteiger partial charge >= 0.3 is 0 Å². The summed E-state index contributed by atoms with van der Waals surface area (Å²) in [6.45, 7) is 8.65. The molecule has 20 heavy (non-hydrogen) atoms. The van der Waals surface area contributed by atoms with Gasteiger partial charge in [0, 0.05) is 21.2 Å². The van der Waals surface area contributed by atoms with Gasteiger partial charge in [-0.25, -0.2) is 0 Å². The second-order valence-corrected chi connectivity index (χ2v) is 6.57. The molecular formula is C17H19BrClN. The maximum absolute atomic E-state index is 5.98. The maximum Gasteiger partial charge on any atom is 0.0490 e. The molecule has 0 amide bonds. The van der Waals surface area contributed by atoms with Crippen molar-refractivity contribution in [1.82, 2.24) is 0 Å². The lowest BCUT2D eigenvalue weighted by Gasteiger charge is -2.20. The largest absolute Gasteiger partial charge is 0.378 e. The molecule has 2 rings (SSSR count). The molecule has 0 heterocycles. The van der Waals surface area contributed by atoms with Crippen molar-refractivity contribution in [3.05, 3.63) is 62.1 Å². The van der Waals surface area contributed by atoms with E-state index in [0.717, 1.165) is 15.2 Å². The quantitative estimate of drug-likeness (QED) is 0.693. The molecule has 0 aliphatic rings. The van der Waals surface area contributed by atoms with E-state index in [0.29, 0.717) is 0 Å². The lowest BCUT2D eigenvalue weighted by Crippen LogP contribution is -2.09. The Bertz CT molecular complexity index is 637. The van der Waals surface area contributed by atoms with E-state index in [4.69, 9.17) is 11.6 Å². The fraction of sp³-hybridized carbons (Fsp3) is 0.294. The topological polar surface area (TPSA) is 12.0 Å². The Morgan fingerprint density at radius 3 is 2.30 bits per heavy atom. The van der Waals surface area contributed by atoms with Crippen LogP contribution in [0.15, 0.2) is 34.8 Å². The first-order chi connectivity index (χ1) is 9.38. The standard InChI is InChI=1S/C17H19BrClN/c1-10-7-12(3)15(8-11(10)2)13(4)20-17-6-5-14(19)9-16(17)18/h5-9,13,20H,1-4H3. The van der Waals surface area contributed by atoms with Crippen LogP contribution in [-0.2, 0) is 0 Å². The average Bonchev–Trinajstić information content (AvgIpc) is 2.37. The molecule has 106 valence electrons. The van der Waals surface area contributed by atoms with Gasteiger partial charge in [0.1, 0.15) is 0 Å². The third-order valence-electron chi connectivity index (χ3n) is 3.65. The third-order valence-corrected chi connectivity index (χ3v) is 4.54. The molecule has 1 nitrogen and oxygen atoms in total. The fourth-order valence-corrected chi connectivity index (χ4v) is 3.16. The number of nitrogens with one attached hydrogen (secondary N) is 1. The Labute approximate surface area is 134 Å². The smallest absolute Gasteiger partial charge is 0.0490 e. The molecule has 0 fully saturated rings. The van der Waals surface area contributed by atoms with Crippen molar-refractivity contribution in [2.45, 2.75) is 33.7 Å². The molecule has 2 aromatic carbocycles. The monoisotopic (exact) mass is 351 g/mol. The van der Waals surface area contributed by atoms with Crippen LogP contribution < -0.4 is 5.32 Å². The van der Waals surface area contributed by atoms with Crippen LogP contribution >= 0.6 is 27.5 Å². The van der Waals surface area contributed by atoms with Crippen LogP contribution in [0.4, 0.5) is 5.69 Å². The van der Waals surface area contributed by atoms with Crippen molar-refractivity contribution < 1.29 is 0 Å². The minimum atomic E-state index is 0.242. The zero-order valence-electron chi connectivity index (χ0n) is 12.2. The molecule has 0 saturated heterocycles. The van der Waals surface area contributed by atoms with E-state index in [1.54, 1.807) is 0 Å². The molecule has 1 atom stereocenters. The Balaban J connectivity index is 2.28. The lowest BCUT2D eigenvalue weighted by atomic mass is 9.96. The van der Waals surface area contributed by atoms with Crippen LogP contribution in [0.3, 0.4) is 0 Å². The summed E-state index contributed by atoms with van der Waals surface area (Å²) < 4.78 is 0.985. The Kier molecular flexibility index (Phi) is 4.77. The molecule has 3 heteroatoms. The highest BCUT2D eigenvalue weighted by molar-refractivity contribution is 9.10. The van der Waals surface area contributed by atoms with Crippen molar-refractivity contribution in [3.63, 3.8) is 0 Å². The van der Waals surface area contributed by atoms with Gasteiger partial charge in [0.25, 0.3) is 0 Å². The number of anilines is 1. The summed E-state index contributed by atoms with van der Waals surface area (Å²) >= 11 is 9.52. The summed E-state index contributed by atoms with van der Waals surface area (Å²) in [5, 5.41) is 4.27. The molecule has 0 bridgehead atoms. The van der Waals surface area contributed by atoms with Gasteiger partial charge < -0.3 is 5.32 Å². The molecule has 0 aliphatic carbocycles. The molecule has 1 N–H and O–H groups in total. The van der Waals surface area contributed by atoms with E-state index >= 15 is 0 Å². The Hall–Kier alpha value is -0.990. The maximum atomic E-state index is 5.98. The zero-order chi connectivity index (χ0) is 14.9. The highest BCUT2D eigenvalue weighted by Crippen LogP contribution is 2.30. The van der Waals surface area contributed by atoms with Crippen molar-refractivity contribution in [2.75, 3.05) is 5.32 Å². The van der Waals surface area contributed by atoms with Crippen LogP contribution in [0.25, 0.3) is 0 Å². The van der Waals surface area contributed by atoms with Crippen LogP contribution in [0.2, 0.25) is 5.02 Å². The van der Waals surface area contributed by atoms with Crippen LogP contribution in [0, 0.1) is 20.8 Å². The third kappa shape index (κ3) is 3.36. The Morgan fingerprint density at radius 2 is 1.65 bits per heavy atom. The van der Waals surface area contributed by atoms with Gasteiger partial charge in [-0.05, 0) is 84.1 Å². The number of halogens is 2. The number of hydrogen-bond acceptors (Lipinski definition) is 1. The van der Waals surface area contributed by atoms with Crippen LogP contribution in [-0.4, -0.2) is 0 Å². The molecule has 0 saturated carbocycles. The van der Waals surface area contributed by atoms with Crippen molar-refractivity contribution in [1.29, 1.82) is 0 Å². The first-order valence-electron chi connectivity index (χ1n) is 6.68. The van der Waals surface area contributed by atoms with E-state index in [2.05, 4.69) is 61.1 Å². The summed E-state index contributed by atoms with van der Waals surface area (Å²) in [4.78, 5) is 0. The lowest BCUT2D eigenvalue weighted by molar-refractivity contribution is 0.869. The first kappa shape index (κ1) is 15.4. The predicted octanol–water partition coefficient (Wildman–Crippen LogP) is 6.20. The van der Waals surface area contributed by atoms with Crippen molar-refractivity contribution in [2.24, 2.45) is 0 Å². The van der Waals surface area contributed by atoms with Crippen LogP contribution in [0.1, 0.15) is 35.2 Å². The zero-order valence-corrected chi connectivity index (χ0v) is 14.6. The highest BCUT2D eigenvalue weighted by Gasteiger charge is 2.11. The molecule has 0 aliphatic heterocycles. The summed E-state index contributed by atoms with van der Waals surface area (Å²) in [7, 11) is 0. The van der Waals surface area contributed by atoms with E-state index in [-0.39, 0.29) is 6.04 Å². The summed E-state index contributed by atoms with van der Waals surface area (Å²) in [5.41, 5.74) is 6.37. The summed E-state index contributed by atoms with van der Waals surface area (Å²) in [5.74, 6) is 0. The summed E-state index contributed by atoms with van der Waals surface area (Å²) in [6.07, 6.45) is 0. The van der Waals surface area contributed by atoms with Gasteiger partial charge in [0.05, 0.1) is 0 Å². The highest BCUT2D eigenvalue weighted by atomic mass is 79.9. The van der Waals surface area contributed by atoms with Crippen molar-refractivity contribution >= 4 is 33.2 Å². The van der Waals surface area contributed by atoms with Crippen molar-refractivity contribution in [3.8, 4) is 0 Å². The second kappa shape index (κ2) is 6.19. The van der Waals surface area contributed by atoms with E-state index < -0.39 is 0 Å². The minimum absolute atomic E-state index is 0.242. The number of rotatable bonds is 3. The molecule has 0 spiro atoms. The van der Waals surface area contributed by atoms with E-state index in [1.807, 2.05) is 18.2 Å². The predicted molar refractivity (Wildman–Crippen MR) is 91.8 cm³/mol. The van der Waals surface area contributed by atoms with Crippen LogP contribution in [0.5, 0.6) is 0 Å². The minimum Gasteiger partial charge on any atom is -0.378 e. The van der Waals surface area contributed by atoms with Gasteiger partial charge in [-0.1, -0.05) is 23.7 Å². The second-order valence-electron chi connectivity index (χ2n) is 5.28. The molecule has 2 aromatic rings. The number of benzene rings is 2. The number of aryl methyl sites for hydroxylation is 3. The first-order valence-corrected chi connectivity index (χ1v) is 7.85. The molecular weight excluding hydrogens is 334 g/mol. The van der Waals surface area contributed by atoms with Gasteiger partial charge in [-0.3, -0.25) is 0 Å². The Morgan fingerprint density at radius 1 is 1.00 bits per heavy atom. The summed E-state index contributed by atoms with van der Waals surface area (Å²) in [6, 6.07) is 10.6. The van der Waals surface area contributed by atoms with Gasteiger partial charge in [-0.2, -0.15) is 0 Å². The normalized spacial score (nSPS) is 12.3. The fourth-order valence-electron chi connectivity index (χ4n) is 2.37. The number of hydrogen-bond donors (Lipinski definition) is 1. The molecule has 0 aromatic heterocycles. The molecule has 0 radical (unpaired) electrons. The van der Waals surface area contributed by atoms with Gasteiger partial charge in [-0.15, -0.1) is 0 Å². The van der Waals surface area contributed by atoms with E-state index in [1.165, 1.54) is 22.3 Å². The average molecular weight is 353 g/mol. The SMILES string of the molecule is Cc1cc(C)c(C(C)Nc2ccc(Cl)cc2Br)cc1C. The molecule has 1 unspecified atom stereocenters. The van der Waals surface area contributed by atoms with Gasteiger partial charge in [0.2, 0.25) is 0 Å². The van der Waals surface area contributed by atoms with E-state index in [9.17, 15) is 0 Å².